The van der Waals surface area contributed by atoms with Gasteiger partial charge in [-0.1, -0.05) is 95.7 Å². The lowest BCUT2D eigenvalue weighted by Crippen LogP contribution is -2.38. The van der Waals surface area contributed by atoms with Gasteiger partial charge in [-0.05, 0) is 56.9 Å². The largest absolute Gasteiger partial charge is 0.443 e. The summed E-state index contributed by atoms with van der Waals surface area (Å²) in [4.78, 5) is 33.4. The van der Waals surface area contributed by atoms with Crippen molar-refractivity contribution < 1.29 is 9.53 Å². The molecule has 0 aliphatic carbocycles. The van der Waals surface area contributed by atoms with E-state index >= 15 is 0 Å². The summed E-state index contributed by atoms with van der Waals surface area (Å²) in [6.45, 7) is 6.20. The van der Waals surface area contributed by atoms with Gasteiger partial charge in [0.15, 0.2) is 10.6 Å². The number of ether oxygens (including phenoxy) is 1. The normalized spacial score (nSPS) is 11.5. The van der Waals surface area contributed by atoms with E-state index in [1.807, 2.05) is 93.6 Å². The maximum atomic E-state index is 13.7. The molecule has 0 bridgehead atoms. The van der Waals surface area contributed by atoms with Crippen molar-refractivity contribution in [1.29, 1.82) is 0 Å². The summed E-state index contributed by atoms with van der Waals surface area (Å²) in [6.07, 6.45) is 0.717. The van der Waals surface area contributed by atoms with Gasteiger partial charge in [-0.2, -0.15) is 5.10 Å². The van der Waals surface area contributed by atoms with E-state index < -0.39 is 11.7 Å². The fraction of sp³-hybridized carbons (Fsp3) is 0.250. The van der Waals surface area contributed by atoms with E-state index in [2.05, 4.69) is 0 Å². The fourth-order valence-corrected chi connectivity index (χ4v) is 5.57. The van der Waals surface area contributed by atoms with E-state index in [0.717, 1.165) is 16.7 Å². The lowest BCUT2D eigenvalue weighted by Gasteiger charge is -2.25. The van der Waals surface area contributed by atoms with Crippen LogP contribution < -0.4 is 10.5 Å². The van der Waals surface area contributed by atoms with Crippen LogP contribution in [-0.4, -0.2) is 33.0 Å². The Morgan fingerprint density at radius 1 is 0.927 bits per heavy atom. The molecule has 0 saturated heterocycles. The van der Waals surface area contributed by atoms with Crippen LogP contribution in [0.1, 0.15) is 31.9 Å². The molecule has 0 saturated carbocycles. The Bertz CT molecular complexity index is 1700. The molecule has 0 spiro atoms. The minimum Gasteiger partial charge on any atom is -0.443 e. The molecule has 2 aromatic heterocycles. The van der Waals surface area contributed by atoms with Gasteiger partial charge in [0, 0.05) is 23.7 Å². The fourth-order valence-electron chi connectivity index (χ4n) is 4.36. The van der Waals surface area contributed by atoms with E-state index in [-0.39, 0.29) is 11.1 Å². The zero-order valence-corrected chi connectivity index (χ0v) is 24.8. The second kappa shape index (κ2) is 12.2. The van der Waals surface area contributed by atoms with Crippen LogP contribution in [0.15, 0.2) is 89.7 Å². The number of aryl methyl sites for hydroxylation is 2. The van der Waals surface area contributed by atoms with Crippen LogP contribution in [0.5, 0.6) is 0 Å². The molecule has 9 heteroatoms. The molecule has 41 heavy (non-hydrogen) atoms. The lowest BCUT2D eigenvalue weighted by atomic mass is 10.1. The van der Waals surface area contributed by atoms with Crippen LogP contribution in [-0.2, 0) is 24.1 Å². The van der Waals surface area contributed by atoms with Crippen molar-refractivity contribution >= 4 is 44.4 Å². The number of carbonyl (C=O) groups excluding carboxylic acids is 1. The average molecular weight is 587 g/mol. The van der Waals surface area contributed by atoms with Crippen LogP contribution in [0, 0.1) is 0 Å². The number of hydrogen-bond donors (Lipinski definition) is 0. The number of benzene rings is 3. The summed E-state index contributed by atoms with van der Waals surface area (Å²) in [7, 11) is 0. The Labute approximate surface area is 248 Å². The molecule has 0 unspecified atom stereocenters. The van der Waals surface area contributed by atoms with Gasteiger partial charge in [0.05, 0.1) is 4.70 Å². The molecule has 0 fully saturated rings. The monoisotopic (exact) mass is 586 g/mol. The van der Waals surface area contributed by atoms with Gasteiger partial charge in [0.2, 0.25) is 0 Å². The number of carbonyl (C=O) groups is 1. The van der Waals surface area contributed by atoms with Crippen molar-refractivity contribution in [3.63, 3.8) is 0 Å². The molecule has 3 aromatic carbocycles. The van der Waals surface area contributed by atoms with Gasteiger partial charge in [-0.25, -0.2) is 14.5 Å². The zero-order valence-electron chi connectivity index (χ0n) is 23.2. The van der Waals surface area contributed by atoms with Crippen molar-refractivity contribution in [2.45, 2.75) is 45.8 Å². The highest BCUT2D eigenvalue weighted by molar-refractivity contribution is 7.22. The number of nitrogens with zero attached hydrogens (tertiary/aromatic N) is 4. The number of thiazole rings is 1. The van der Waals surface area contributed by atoms with Crippen LogP contribution >= 0.6 is 22.9 Å². The van der Waals surface area contributed by atoms with Crippen LogP contribution in [0.4, 0.5) is 9.93 Å². The number of anilines is 1. The topological polar surface area (TPSA) is 77.3 Å². The first-order chi connectivity index (χ1) is 19.7. The summed E-state index contributed by atoms with van der Waals surface area (Å²) in [5.74, 6) is 0. The average Bonchev–Trinajstić information content (AvgIpc) is 3.39. The van der Waals surface area contributed by atoms with E-state index in [9.17, 15) is 9.59 Å². The number of halogens is 1. The lowest BCUT2D eigenvalue weighted by molar-refractivity contribution is 0.0581. The van der Waals surface area contributed by atoms with Gasteiger partial charge in [-0.3, -0.25) is 9.69 Å². The molecule has 5 aromatic rings. The summed E-state index contributed by atoms with van der Waals surface area (Å²) in [5.41, 5.74) is 2.87. The van der Waals surface area contributed by atoms with Crippen LogP contribution in [0.25, 0.3) is 21.5 Å². The molecule has 2 heterocycles. The number of fused-ring (bicyclic) bond motifs is 1. The number of amides is 1. The minimum absolute atomic E-state index is 0.270. The smallest absolute Gasteiger partial charge is 0.416 e. The van der Waals surface area contributed by atoms with E-state index in [1.165, 1.54) is 20.9 Å². The first-order valence-corrected chi connectivity index (χ1v) is 14.6. The molecular formula is C32H31ClN4O3S. The summed E-state index contributed by atoms with van der Waals surface area (Å²) >= 11 is 7.43. The van der Waals surface area contributed by atoms with Crippen molar-refractivity contribution in [1.82, 2.24) is 14.8 Å². The third-order valence-electron chi connectivity index (χ3n) is 6.37. The SMILES string of the molecule is CC(C)(C)OC(=O)N(CCc1ccccc1)c1nc2c(=O)n(CCc3ccccc3)nc(-c3ccc(Cl)cc3)c2s1. The van der Waals surface area contributed by atoms with Crippen molar-refractivity contribution in [3.05, 3.63) is 111 Å². The van der Waals surface area contributed by atoms with E-state index in [1.54, 1.807) is 12.1 Å². The van der Waals surface area contributed by atoms with Crippen molar-refractivity contribution in [2.24, 2.45) is 0 Å². The van der Waals surface area contributed by atoms with Gasteiger partial charge < -0.3 is 4.74 Å². The highest BCUT2D eigenvalue weighted by Gasteiger charge is 2.28. The maximum absolute atomic E-state index is 13.7. The van der Waals surface area contributed by atoms with Crippen LogP contribution in [0.2, 0.25) is 5.02 Å². The van der Waals surface area contributed by atoms with Crippen LogP contribution in [0.3, 0.4) is 0 Å². The summed E-state index contributed by atoms with van der Waals surface area (Å²) in [5, 5.41) is 5.77. The predicted octanol–water partition coefficient (Wildman–Crippen LogP) is 7.40. The van der Waals surface area contributed by atoms with Crippen molar-refractivity contribution in [2.75, 3.05) is 11.4 Å². The van der Waals surface area contributed by atoms with Gasteiger partial charge in [0.1, 0.15) is 11.3 Å². The molecule has 7 nitrogen and oxygen atoms in total. The second-order valence-corrected chi connectivity index (χ2v) is 12.1. The summed E-state index contributed by atoms with van der Waals surface area (Å²) in [6, 6.07) is 27.2. The second-order valence-electron chi connectivity index (χ2n) is 10.7. The first kappa shape index (κ1) is 28.5. The Kier molecular flexibility index (Phi) is 8.52. The first-order valence-electron chi connectivity index (χ1n) is 13.4. The molecule has 0 radical (unpaired) electrons. The quantitative estimate of drug-likeness (QED) is 0.189. The van der Waals surface area contributed by atoms with E-state index in [4.69, 9.17) is 26.4 Å². The Balaban J connectivity index is 1.59. The molecule has 210 valence electrons. The maximum Gasteiger partial charge on any atom is 0.416 e. The number of hydrogen-bond acceptors (Lipinski definition) is 6. The Morgan fingerprint density at radius 2 is 1.54 bits per heavy atom. The van der Waals surface area contributed by atoms with Gasteiger partial charge >= 0.3 is 6.09 Å². The van der Waals surface area contributed by atoms with Gasteiger partial charge in [0.25, 0.3) is 5.56 Å². The molecule has 0 atom stereocenters. The van der Waals surface area contributed by atoms with Gasteiger partial charge in [-0.15, -0.1) is 0 Å². The molecular weight excluding hydrogens is 556 g/mol. The number of rotatable bonds is 8. The highest BCUT2D eigenvalue weighted by Crippen LogP contribution is 2.35. The Hall–Kier alpha value is -4.01. The third-order valence-corrected chi connectivity index (χ3v) is 7.71. The molecule has 0 aliphatic heterocycles. The zero-order chi connectivity index (χ0) is 29.0. The Morgan fingerprint density at radius 3 is 2.15 bits per heavy atom. The van der Waals surface area contributed by atoms with Crippen molar-refractivity contribution in [3.8, 4) is 11.3 Å². The molecule has 5 rings (SSSR count). The minimum atomic E-state index is -0.695. The summed E-state index contributed by atoms with van der Waals surface area (Å²) < 4.78 is 7.82. The molecule has 1 amide bonds. The molecule has 0 aliphatic rings. The third kappa shape index (κ3) is 7.01. The highest BCUT2D eigenvalue weighted by atomic mass is 35.5. The predicted molar refractivity (Wildman–Crippen MR) is 166 cm³/mol. The number of aromatic nitrogens is 3. The van der Waals surface area contributed by atoms with E-state index in [0.29, 0.717) is 46.5 Å². The standard InChI is InChI=1S/C32H31ClN4O3S/c1-32(2,3)40-31(39)36(20-18-22-10-6-4-7-11-22)30-34-27-28(41-30)26(24-14-16-25(33)17-15-24)35-37(29(27)38)21-19-23-12-8-5-9-13-23/h4-17H,18-21H2,1-3H3. The molecule has 0 N–H and O–H groups in total.